The number of benzene rings is 1. The molecule has 1 N–H and O–H groups in total. The highest BCUT2D eigenvalue weighted by Gasteiger charge is 2.31. The predicted molar refractivity (Wildman–Crippen MR) is 78.5 cm³/mol. The number of urea groups is 1. The zero-order chi connectivity index (χ0) is 14.8. The molecule has 110 valence electrons. The summed E-state index contributed by atoms with van der Waals surface area (Å²) in [6, 6.07) is 10.1. The first-order valence-corrected chi connectivity index (χ1v) is 7.15. The molecule has 21 heavy (non-hydrogen) atoms. The topological polar surface area (TPSA) is 37.3 Å². The van der Waals surface area contributed by atoms with Crippen LogP contribution in [0.25, 0.3) is 0 Å². The van der Waals surface area contributed by atoms with Crippen LogP contribution in [0.15, 0.2) is 42.6 Å². The molecule has 1 unspecified atom stereocenters. The van der Waals surface area contributed by atoms with Crippen LogP contribution in [0.1, 0.15) is 24.2 Å². The molecular weight excluding hydrogens is 269 g/mol. The zero-order valence-electron chi connectivity index (χ0n) is 11.9. The minimum atomic E-state index is -0.269. The van der Waals surface area contributed by atoms with Crippen molar-refractivity contribution in [3.8, 4) is 0 Å². The van der Waals surface area contributed by atoms with Gasteiger partial charge in [0.15, 0.2) is 0 Å². The average Bonchev–Trinajstić information content (AvgIpc) is 2.96. The Morgan fingerprint density at radius 2 is 2.05 bits per heavy atom. The van der Waals surface area contributed by atoms with Gasteiger partial charge in [0, 0.05) is 31.5 Å². The highest BCUT2D eigenvalue weighted by atomic mass is 19.1. The Labute approximate surface area is 123 Å². The number of carbonyl (C=O) groups excluding carboxylic acids is 1. The molecule has 0 saturated heterocycles. The minimum Gasteiger partial charge on any atom is -0.348 e. The summed E-state index contributed by atoms with van der Waals surface area (Å²) in [5, 5.41) is 2.85. The number of rotatable bonds is 2. The van der Waals surface area contributed by atoms with Gasteiger partial charge in [-0.2, -0.15) is 0 Å². The van der Waals surface area contributed by atoms with E-state index in [9.17, 15) is 9.18 Å². The molecule has 0 spiro atoms. The van der Waals surface area contributed by atoms with Crippen molar-refractivity contribution in [3.63, 3.8) is 0 Å². The van der Waals surface area contributed by atoms with Gasteiger partial charge in [-0.15, -0.1) is 0 Å². The Morgan fingerprint density at radius 1 is 1.29 bits per heavy atom. The van der Waals surface area contributed by atoms with Gasteiger partial charge in [-0.25, -0.2) is 9.18 Å². The van der Waals surface area contributed by atoms with Crippen molar-refractivity contribution in [1.82, 2.24) is 14.8 Å². The van der Waals surface area contributed by atoms with E-state index in [-0.39, 0.29) is 17.9 Å². The smallest absolute Gasteiger partial charge is 0.318 e. The molecule has 1 aromatic carbocycles. The lowest BCUT2D eigenvalue weighted by molar-refractivity contribution is 0.169. The summed E-state index contributed by atoms with van der Waals surface area (Å²) in [6.45, 7) is 3.90. The normalized spacial score (nSPS) is 17.4. The van der Waals surface area contributed by atoms with Crippen molar-refractivity contribution in [2.24, 2.45) is 0 Å². The van der Waals surface area contributed by atoms with Crippen LogP contribution in [0.5, 0.6) is 0 Å². The maximum atomic E-state index is 13.2. The molecule has 1 aliphatic rings. The van der Waals surface area contributed by atoms with E-state index in [1.54, 1.807) is 12.1 Å². The van der Waals surface area contributed by atoms with Crippen LogP contribution in [-0.4, -0.2) is 28.6 Å². The number of hydrogen-bond donors (Lipinski definition) is 1. The summed E-state index contributed by atoms with van der Waals surface area (Å²) >= 11 is 0. The lowest BCUT2D eigenvalue weighted by Crippen LogP contribution is -2.47. The molecule has 0 radical (unpaired) electrons. The van der Waals surface area contributed by atoms with Gasteiger partial charge >= 0.3 is 6.03 Å². The van der Waals surface area contributed by atoms with Gasteiger partial charge < -0.3 is 14.8 Å². The van der Waals surface area contributed by atoms with Gasteiger partial charge in [0.05, 0.1) is 6.04 Å². The number of fused-ring (bicyclic) bond motifs is 1. The number of nitrogens with zero attached hydrogens (tertiary/aromatic N) is 2. The van der Waals surface area contributed by atoms with Crippen molar-refractivity contribution >= 4 is 6.03 Å². The number of nitrogens with one attached hydrogen (secondary N) is 1. The number of halogens is 1. The second kappa shape index (κ2) is 5.60. The third-order valence-corrected chi connectivity index (χ3v) is 3.81. The fourth-order valence-corrected chi connectivity index (χ4v) is 2.85. The van der Waals surface area contributed by atoms with Gasteiger partial charge in [-0.3, -0.25) is 0 Å². The molecule has 1 aliphatic heterocycles. The fraction of sp³-hybridized carbons (Fsp3) is 0.312. The molecule has 0 fully saturated rings. The molecular formula is C16H18FN3O. The molecule has 2 aromatic rings. The Hall–Kier alpha value is -2.30. The summed E-state index contributed by atoms with van der Waals surface area (Å²) < 4.78 is 15.3. The van der Waals surface area contributed by atoms with Crippen LogP contribution in [0.3, 0.4) is 0 Å². The third kappa shape index (κ3) is 2.51. The monoisotopic (exact) mass is 287 g/mol. The Morgan fingerprint density at radius 3 is 2.76 bits per heavy atom. The summed E-state index contributed by atoms with van der Waals surface area (Å²) in [5.74, 6) is -0.269. The van der Waals surface area contributed by atoms with E-state index < -0.39 is 0 Å². The van der Waals surface area contributed by atoms with Crippen molar-refractivity contribution in [3.05, 3.63) is 59.7 Å². The van der Waals surface area contributed by atoms with Crippen molar-refractivity contribution in [2.45, 2.75) is 19.5 Å². The van der Waals surface area contributed by atoms with Crippen LogP contribution in [0.4, 0.5) is 9.18 Å². The average molecular weight is 287 g/mol. The molecule has 0 aliphatic carbocycles. The molecule has 1 aromatic heterocycles. The van der Waals surface area contributed by atoms with Crippen molar-refractivity contribution in [1.29, 1.82) is 0 Å². The first-order valence-electron chi connectivity index (χ1n) is 7.15. The van der Waals surface area contributed by atoms with Crippen LogP contribution < -0.4 is 5.32 Å². The lowest BCUT2D eigenvalue weighted by atomic mass is 10.0. The van der Waals surface area contributed by atoms with Gasteiger partial charge in [0.1, 0.15) is 5.82 Å². The molecule has 1 atom stereocenters. The quantitative estimate of drug-likeness (QED) is 0.906. The van der Waals surface area contributed by atoms with E-state index in [4.69, 9.17) is 0 Å². The number of aromatic nitrogens is 1. The highest BCUT2D eigenvalue weighted by molar-refractivity contribution is 5.75. The van der Waals surface area contributed by atoms with Crippen molar-refractivity contribution in [2.75, 3.05) is 13.1 Å². The maximum absolute atomic E-state index is 13.2. The van der Waals surface area contributed by atoms with Crippen LogP contribution in [0.2, 0.25) is 0 Å². The first kappa shape index (κ1) is 13.7. The zero-order valence-corrected chi connectivity index (χ0v) is 11.9. The molecule has 0 bridgehead atoms. The summed E-state index contributed by atoms with van der Waals surface area (Å²) in [7, 11) is 0. The maximum Gasteiger partial charge on any atom is 0.318 e. The Kier molecular flexibility index (Phi) is 3.64. The van der Waals surface area contributed by atoms with E-state index >= 15 is 0 Å². The van der Waals surface area contributed by atoms with Gasteiger partial charge in [-0.1, -0.05) is 12.1 Å². The second-order valence-electron chi connectivity index (χ2n) is 5.11. The molecule has 2 amide bonds. The molecule has 2 heterocycles. The van der Waals surface area contributed by atoms with E-state index in [1.165, 1.54) is 12.1 Å². The largest absolute Gasteiger partial charge is 0.348 e. The molecule has 5 heteroatoms. The number of carbonyl (C=O) groups is 1. The standard InChI is InChI=1S/C16H18FN3O/c1-2-18-16(21)20-11-10-19-9-3-4-14(19)15(20)12-5-7-13(17)8-6-12/h3-9,15H,2,10-11H2,1H3,(H,18,21). The SMILES string of the molecule is CCNC(=O)N1CCn2cccc2C1c1ccc(F)cc1. The summed E-state index contributed by atoms with van der Waals surface area (Å²) in [4.78, 5) is 14.1. The van der Waals surface area contributed by atoms with E-state index in [1.807, 2.05) is 30.2 Å². The van der Waals surface area contributed by atoms with Gasteiger partial charge in [0.2, 0.25) is 0 Å². The van der Waals surface area contributed by atoms with Crippen LogP contribution in [0, 0.1) is 5.82 Å². The third-order valence-electron chi connectivity index (χ3n) is 3.81. The van der Waals surface area contributed by atoms with Crippen molar-refractivity contribution < 1.29 is 9.18 Å². The fourth-order valence-electron chi connectivity index (χ4n) is 2.85. The van der Waals surface area contributed by atoms with E-state index in [0.29, 0.717) is 13.1 Å². The summed E-state index contributed by atoms with van der Waals surface area (Å²) in [6.07, 6.45) is 2.01. The number of hydrogen-bond acceptors (Lipinski definition) is 1. The number of amides is 2. The van der Waals surface area contributed by atoms with E-state index in [2.05, 4.69) is 9.88 Å². The Bertz CT molecular complexity index is 635. The van der Waals surface area contributed by atoms with Gasteiger partial charge in [-0.05, 0) is 36.8 Å². The molecule has 4 nitrogen and oxygen atoms in total. The predicted octanol–water partition coefficient (Wildman–Crippen LogP) is 2.76. The highest BCUT2D eigenvalue weighted by Crippen LogP contribution is 2.32. The minimum absolute atomic E-state index is 0.0840. The molecule has 3 rings (SSSR count). The first-order chi connectivity index (χ1) is 10.2. The van der Waals surface area contributed by atoms with Crippen LogP contribution in [-0.2, 0) is 6.54 Å². The van der Waals surface area contributed by atoms with Crippen LogP contribution >= 0.6 is 0 Å². The van der Waals surface area contributed by atoms with E-state index in [0.717, 1.165) is 17.8 Å². The van der Waals surface area contributed by atoms with Gasteiger partial charge in [0.25, 0.3) is 0 Å². The second-order valence-corrected chi connectivity index (χ2v) is 5.11. The lowest BCUT2D eigenvalue weighted by Gasteiger charge is -2.37. The molecule has 0 saturated carbocycles. The Balaban J connectivity index is 2.01. The summed E-state index contributed by atoms with van der Waals surface area (Å²) in [5.41, 5.74) is 1.97.